The van der Waals surface area contributed by atoms with Gasteiger partial charge in [-0.2, -0.15) is 0 Å². The van der Waals surface area contributed by atoms with Gasteiger partial charge in [0.1, 0.15) is 18.8 Å². The van der Waals surface area contributed by atoms with Crippen LogP contribution in [0.3, 0.4) is 0 Å². The lowest BCUT2D eigenvalue weighted by molar-refractivity contribution is -0.307. The number of carbonyl (C=O) groups excluding carboxylic acids is 1. The van der Waals surface area contributed by atoms with Crippen LogP contribution >= 0.6 is 0 Å². The van der Waals surface area contributed by atoms with E-state index < -0.39 is 24.5 Å². The summed E-state index contributed by atoms with van der Waals surface area (Å²) >= 11 is 0. The number of alkyl carbamates (subject to hydrolysis) is 1. The minimum Gasteiger partial charge on any atom is -0.445 e. The van der Waals surface area contributed by atoms with Gasteiger partial charge in [-0.15, -0.1) is 0 Å². The van der Waals surface area contributed by atoms with E-state index in [4.69, 9.17) is 18.9 Å². The maximum Gasteiger partial charge on any atom is 0.407 e. The van der Waals surface area contributed by atoms with Crippen LogP contribution in [0.25, 0.3) is 0 Å². The Kier molecular flexibility index (Phi) is 5.12. The molecule has 7 nitrogen and oxygen atoms in total. The van der Waals surface area contributed by atoms with Gasteiger partial charge >= 0.3 is 6.09 Å². The Balaban J connectivity index is 1.55. The lowest BCUT2D eigenvalue weighted by Gasteiger charge is -2.44. The minimum absolute atomic E-state index is 0.187. The molecule has 0 aromatic heterocycles. The van der Waals surface area contributed by atoms with Crippen LogP contribution in [0.4, 0.5) is 4.79 Å². The number of hydrogen-bond acceptors (Lipinski definition) is 6. The number of fused-ring (bicyclic) bond motifs is 1. The van der Waals surface area contributed by atoms with E-state index >= 15 is 0 Å². The van der Waals surface area contributed by atoms with E-state index in [1.165, 1.54) is 0 Å². The number of aliphatic hydroxyl groups excluding tert-OH is 1. The Morgan fingerprint density at radius 1 is 1.35 bits per heavy atom. The molecule has 2 aliphatic rings. The van der Waals surface area contributed by atoms with Crippen LogP contribution < -0.4 is 5.32 Å². The van der Waals surface area contributed by atoms with E-state index in [1.807, 2.05) is 30.3 Å². The average molecular weight is 323 g/mol. The van der Waals surface area contributed by atoms with Crippen LogP contribution in [0, 0.1) is 0 Å². The molecule has 1 aromatic rings. The molecule has 2 aliphatic heterocycles. The number of hydrogen-bond donors (Lipinski definition) is 2. The first-order valence-electron chi connectivity index (χ1n) is 7.69. The molecule has 3 rings (SSSR count). The molecule has 0 spiro atoms. The highest BCUT2D eigenvalue weighted by Gasteiger charge is 2.43. The van der Waals surface area contributed by atoms with Gasteiger partial charge in [0.25, 0.3) is 0 Å². The van der Waals surface area contributed by atoms with Gasteiger partial charge in [-0.1, -0.05) is 30.3 Å². The highest BCUT2D eigenvalue weighted by atomic mass is 16.7. The van der Waals surface area contributed by atoms with Gasteiger partial charge in [0, 0.05) is 6.42 Å². The number of ether oxygens (including phenoxy) is 4. The Bertz CT molecular complexity index is 525. The van der Waals surface area contributed by atoms with Gasteiger partial charge in [0.05, 0.1) is 12.6 Å². The molecule has 7 heteroatoms. The summed E-state index contributed by atoms with van der Waals surface area (Å²) in [5, 5.41) is 12.5. The predicted molar refractivity (Wildman–Crippen MR) is 79.3 cm³/mol. The van der Waals surface area contributed by atoms with Crippen molar-refractivity contribution in [3.8, 4) is 0 Å². The molecule has 0 bridgehead atoms. The molecule has 1 unspecified atom stereocenters. The van der Waals surface area contributed by atoms with Gasteiger partial charge in [0.15, 0.2) is 12.6 Å². The van der Waals surface area contributed by atoms with E-state index in [0.29, 0.717) is 6.61 Å². The molecule has 2 heterocycles. The van der Waals surface area contributed by atoms with Gasteiger partial charge in [-0.05, 0) is 12.5 Å². The second-order valence-corrected chi connectivity index (χ2v) is 5.68. The summed E-state index contributed by atoms with van der Waals surface area (Å²) in [6.45, 7) is 2.29. The summed E-state index contributed by atoms with van der Waals surface area (Å²) in [6.07, 6.45) is -2.42. The molecule has 2 N–H and O–H groups in total. The highest BCUT2D eigenvalue weighted by molar-refractivity contribution is 5.67. The monoisotopic (exact) mass is 323 g/mol. The minimum atomic E-state index is -0.962. The van der Waals surface area contributed by atoms with E-state index in [-0.39, 0.29) is 25.4 Å². The smallest absolute Gasteiger partial charge is 0.407 e. The van der Waals surface area contributed by atoms with Crippen LogP contribution in [0.15, 0.2) is 30.3 Å². The van der Waals surface area contributed by atoms with Crippen LogP contribution in [0.2, 0.25) is 0 Å². The Morgan fingerprint density at radius 3 is 2.91 bits per heavy atom. The molecule has 2 saturated heterocycles. The van der Waals surface area contributed by atoms with E-state index in [9.17, 15) is 9.90 Å². The van der Waals surface area contributed by atoms with Crippen molar-refractivity contribution in [3.05, 3.63) is 35.9 Å². The summed E-state index contributed by atoms with van der Waals surface area (Å²) < 4.78 is 21.6. The zero-order valence-corrected chi connectivity index (χ0v) is 12.9. The molecule has 0 aliphatic carbocycles. The summed E-state index contributed by atoms with van der Waals surface area (Å²) in [5.74, 6) is 0. The maximum absolute atomic E-state index is 12.0. The fourth-order valence-electron chi connectivity index (χ4n) is 2.81. The lowest BCUT2D eigenvalue weighted by Crippen LogP contribution is -2.61. The molecular formula is C16H21NO6. The Morgan fingerprint density at radius 2 is 2.13 bits per heavy atom. The number of amides is 1. The van der Waals surface area contributed by atoms with Crippen molar-refractivity contribution < 1.29 is 28.8 Å². The first-order valence-corrected chi connectivity index (χ1v) is 7.69. The molecule has 0 radical (unpaired) electrons. The molecule has 2 fully saturated rings. The van der Waals surface area contributed by atoms with Gasteiger partial charge < -0.3 is 29.4 Å². The number of benzene rings is 1. The van der Waals surface area contributed by atoms with E-state index in [2.05, 4.69) is 5.32 Å². The molecule has 1 amide bonds. The van der Waals surface area contributed by atoms with Crippen molar-refractivity contribution in [2.45, 2.75) is 50.8 Å². The highest BCUT2D eigenvalue weighted by Crippen LogP contribution is 2.27. The van der Waals surface area contributed by atoms with Crippen molar-refractivity contribution in [2.24, 2.45) is 0 Å². The molecular weight excluding hydrogens is 302 g/mol. The standard InChI is InChI=1S/C16H21NO6/c1-10-20-9-13-15(22-10)12(7-14(18)23-13)17-16(19)21-8-11-5-3-2-4-6-11/h2-6,10,12-15,18H,7-9H2,1H3,(H,17,19)/t10-,12-,13-,14?,15+/m1/s1. The number of rotatable bonds is 3. The second kappa shape index (κ2) is 7.27. The van der Waals surface area contributed by atoms with E-state index in [1.54, 1.807) is 6.92 Å². The van der Waals surface area contributed by atoms with Gasteiger partial charge in [0.2, 0.25) is 0 Å². The zero-order chi connectivity index (χ0) is 16.2. The summed E-state index contributed by atoms with van der Waals surface area (Å²) in [5.41, 5.74) is 0.906. The summed E-state index contributed by atoms with van der Waals surface area (Å²) in [6, 6.07) is 9.03. The van der Waals surface area contributed by atoms with Crippen LogP contribution in [-0.4, -0.2) is 48.6 Å². The largest absolute Gasteiger partial charge is 0.445 e. The average Bonchev–Trinajstić information content (AvgIpc) is 2.54. The molecule has 23 heavy (non-hydrogen) atoms. The van der Waals surface area contributed by atoms with Crippen LogP contribution in [0.5, 0.6) is 0 Å². The summed E-state index contributed by atoms with van der Waals surface area (Å²) in [7, 11) is 0. The molecule has 126 valence electrons. The van der Waals surface area contributed by atoms with Crippen molar-refractivity contribution >= 4 is 6.09 Å². The van der Waals surface area contributed by atoms with Crippen molar-refractivity contribution in [1.82, 2.24) is 5.32 Å². The third kappa shape index (κ3) is 4.20. The fourth-order valence-corrected chi connectivity index (χ4v) is 2.81. The SMILES string of the molecule is C[C@@H]1OC[C@H]2OC(O)C[C@@H](NC(=O)OCc3ccccc3)[C@@H]2O1. The number of carbonyl (C=O) groups is 1. The third-order valence-electron chi connectivity index (χ3n) is 3.91. The van der Waals surface area contributed by atoms with Crippen LogP contribution in [-0.2, 0) is 25.6 Å². The van der Waals surface area contributed by atoms with Crippen molar-refractivity contribution in [1.29, 1.82) is 0 Å². The second-order valence-electron chi connectivity index (χ2n) is 5.68. The van der Waals surface area contributed by atoms with Crippen molar-refractivity contribution in [2.75, 3.05) is 6.61 Å². The van der Waals surface area contributed by atoms with Gasteiger partial charge in [-0.3, -0.25) is 0 Å². The van der Waals surface area contributed by atoms with Gasteiger partial charge in [-0.25, -0.2) is 4.79 Å². The Labute approximate surface area is 134 Å². The Hall–Kier alpha value is -1.67. The first kappa shape index (κ1) is 16.2. The van der Waals surface area contributed by atoms with Crippen LogP contribution in [0.1, 0.15) is 18.9 Å². The lowest BCUT2D eigenvalue weighted by atomic mass is 9.98. The maximum atomic E-state index is 12.0. The quantitative estimate of drug-likeness (QED) is 0.868. The topological polar surface area (TPSA) is 86.2 Å². The molecule has 5 atom stereocenters. The zero-order valence-electron chi connectivity index (χ0n) is 12.9. The first-order chi connectivity index (χ1) is 11.1. The molecule has 1 aromatic carbocycles. The third-order valence-corrected chi connectivity index (χ3v) is 3.91. The summed E-state index contributed by atoms with van der Waals surface area (Å²) in [4.78, 5) is 12.0. The van der Waals surface area contributed by atoms with E-state index in [0.717, 1.165) is 5.56 Å². The molecule has 0 saturated carbocycles. The number of nitrogens with one attached hydrogen (secondary N) is 1. The normalized spacial score (nSPS) is 33.6. The fraction of sp³-hybridized carbons (Fsp3) is 0.562. The number of aliphatic hydroxyl groups is 1. The van der Waals surface area contributed by atoms with Crippen molar-refractivity contribution in [3.63, 3.8) is 0 Å². The predicted octanol–water partition coefficient (Wildman–Crippen LogP) is 1.15.